The fraction of sp³-hybridized carbons (Fsp3) is 0.235. The first-order valence-corrected chi connectivity index (χ1v) is 7.40. The minimum absolute atomic E-state index is 0.0636. The van der Waals surface area contributed by atoms with Crippen molar-refractivity contribution in [3.63, 3.8) is 0 Å². The molecule has 0 aliphatic heterocycles. The van der Waals surface area contributed by atoms with Gasteiger partial charge in [0.15, 0.2) is 5.65 Å². The maximum Gasteiger partial charge on any atom is 0.254 e. The summed E-state index contributed by atoms with van der Waals surface area (Å²) in [5.74, 6) is 2.06. The molecule has 0 radical (unpaired) electrons. The summed E-state index contributed by atoms with van der Waals surface area (Å²) in [7, 11) is 0. The summed E-state index contributed by atoms with van der Waals surface area (Å²) in [6.07, 6.45) is 9.18. The number of anilines is 1. The van der Waals surface area contributed by atoms with Crippen LogP contribution in [0.2, 0.25) is 0 Å². The van der Waals surface area contributed by atoms with E-state index in [2.05, 4.69) is 15.9 Å². The van der Waals surface area contributed by atoms with Gasteiger partial charge in [-0.1, -0.05) is 6.92 Å². The highest BCUT2D eigenvalue weighted by Crippen LogP contribution is 2.38. The van der Waals surface area contributed by atoms with Gasteiger partial charge in [-0.3, -0.25) is 9.36 Å². The molecule has 0 bridgehead atoms. The van der Waals surface area contributed by atoms with Crippen molar-refractivity contribution in [1.29, 1.82) is 0 Å². The largest absolute Gasteiger partial charge is 0.508 e. The van der Waals surface area contributed by atoms with Gasteiger partial charge in [0, 0.05) is 17.2 Å². The number of nitrogen functional groups attached to an aromatic ring is 1. The standard InChI is InChI=1S/C17H17N5O2/c1-4-10-7-20-17-13(21-10)12(16(19)24)15(18)22(17)14-8(2)5-6-11(23)9(14)3/h1,6-8,23H,5,18H2,2-3H3,(H2,19,24)/t8-/m1/s1. The van der Waals surface area contributed by atoms with Gasteiger partial charge in [-0.05, 0) is 25.3 Å². The Kier molecular flexibility index (Phi) is 3.53. The number of aliphatic hydroxyl groups excluding tert-OH is 1. The molecule has 1 atom stereocenters. The average molecular weight is 323 g/mol. The summed E-state index contributed by atoms with van der Waals surface area (Å²) in [5.41, 5.74) is 14.1. The fourth-order valence-electron chi connectivity index (χ4n) is 3.06. The van der Waals surface area contributed by atoms with Gasteiger partial charge in [0.25, 0.3) is 5.91 Å². The zero-order valence-electron chi connectivity index (χ0n) is 13.4. The quantitative estimate of drug-likeness (QED) is 0.728. The molecular weight excluding hydrogens is 306 g/mol. The number of nitrogens with zero attached hydrogens (tertiary/aromatic N) is 3. The van der Waals surface area contributed by atoms with Gasteiger partial charge in [0.05, 0.1) is 6.20 Å². The third kappa shape index (κ3) is 2.12. The maximum atomic E-state index is 11.9. The molecule has 0 saturated carbocycles. The molecule has 0 aromatic carbocycles. The number of hydrogen-bond donors (Lipinski definition) is 3. The number of rotatable bonds is 2. The number of carbonyl (C=O) groups excluding carboxylic acids is 1. The molecule has 2 aromatic rings. The van der Waals surface area contributed by atoms with E-state index in [1.54, 1.807) is 17.6 Å². The smallest absolute Gasteiger partial charge is 0.254 e. The molecule has 1 aliphatic carbocycles. The molecule has 5 N–H and O–H groups in total. The van der Waals surface area contributed by atoms with Crippen LogP contribution in [0.1, 0.15) is 36.3 Å². The highest BCUT2D eigenvalue weighted by molar-refractivity contribution is 6.10. The molecule has 2 heterocycles. The number of nitrogens with two attached hydrogens (primary N) is 2. The Labute approximate surface area is 138 Å². The number of aromatic nitrogens is 3. The first kappa shape index (κ1) is 15.6. The van der Waals surface area contributed by atoms with Crippen molar-refractivity contribution in [3.8, 4) is 12.3 Å². The van der Waals surface area contributed by atoms with Gasteiger partial charge < -0.3 is 16.6 Å². The van der Waals surface area contributed by atoms with E-state index in [1.807, 2.05) is 6.92 Å². The van der Waals surface area contributed by atoms with Gasteiger partial charge in [0.1, 0.15) is 28.4 Å². The lowest BCUT2D eigenvalue weighted by Crippen LogP contribution is -2.17. The monoisotopic (exact) mass is 323 g/mol. The van der Waals surface area contributed by atoms with E-state index in [0.717, 1.165) is 5.70 Å². The molecule has 2 aromatic heterocycles. The summed E-state index contributed by atoms with van der Waals surface area (Å²) >= 11 is 0. The lowest BCUT2D eigenvalue weighted by molar-refractivity contribution is 0.100. The van der Waals surface area contributed by atoms with Crippen LogP contribution in [0.3, 0.4) is 0 Å². The topological polar surface area (TPSA) is 120 Å². The van der Waals surface area contributed by atoms with Gasteiger partial charge in [-0.15, -0.1) is 6.42 Å². The summed E-state index contributed by atoms with van der Waals surface area (Å²) in [4.78, 5) is 20.5. The number of fused-ring (bicyclic) bond motifs is 1. The third-order valence-electron chi connectivity index (χ3n) is 4.23. The molecule has 1 amide bonds. The van der Waals surface area contributed by atoms with Gasteiger partial charge in [-0.25, -0.2) is 9.97 Å². The number of allylic oxidation sites excluding steroid dienone is 3. The molecule has 122 valence electrons. The van der Waals surface area contributed by atoms with Gasteiger partial charge in [0.2, 0.25) is 0 Å². The van der Waals surface area contributed by atoms with Crippen molar-refractivity contribution in [2.24, 2.45) is 11.7 Å². The molecule has 0 saturated heterocycles. The molecule has 24 heavy (non-hydrogen) atoms. The summed E-state index contributed by atoms with van der Waals surface area (Å²) in [5, 5.41) is 10.1. The Morgan fingerprint density at radius 2 is 2.25 bits per heavy atom. The number of carbonyl (C=O) groups is 1. The molecule has 7 heteroatoms. The highest BCUT2D eigenvalue weighted by atomic mass is 16.3. The van der Waals surface area contributed by atoms with Crippen LogP contribution in [0.15, 0.2) is 23.6 Å². The van der Waals surface area contributed by atoms with E-state index in [1.165, 1.54) is 6.20 Å². The predicted molar refractivity (Wildman–Crippen MR) is 91.8 cm³/mol. The normalized spacial score (nSPS) is 17.7. The Hall–Kier alpha value is -3.27. The predicted octanol–water partition coefficient (Wildman–Crippen LogP) is 1.81. The second-order valence-corrected chi connectivity index (χ2v) is 5.77. The van der Waals surface area contributed by atoms with Gasteiger partial charge >= 0.3 is 0 Å². The Balaban J connectivity index is 2.44. The molecule has 7 nitrogen and oxygen atoms in total. The van der Waals surface area contributed by atoms with Crippen LogP contribution < -0.4 is 11.5 Å². The van der Waals surface area contributed by atoms with Crippen molar-refractivity contribution in [2.75, 3.05) is 5.73 Å². The second kappa shape index (κ2) is 5.42. The average Bonchev–Trinajstić information content (AvgIpc) is 2.83. The summed E-state index contributed by atoms with van der Waals surface area (Å²) < 4.78 is 1.63. The minimum Gasteiger partial charge on any atom is -0.508 e. The first-order valence-electron chi connectivity index (χ1n) is 7.40. The van der Waals surface area contributed by atoms with E-state index in [-0.39, 0.29) is 34.3 Å². The number of hydrogen-bond acceptors (Lipinski definition) is 5. The Morgan fingerprint density at radius 3 is 2.88 bits per heavy atom. The van der Waals surface area contributed by atoms with Crippen LogP contribution in [-0.4, -0.2) is 25.5 Å². The zero-order valence-corrected chi connectivity index (χ0v) is 13.4. The molecular formula is C17H17N5O2. The van der Waals surface area contributed by atoms with E-state index < -0.39 is 5.91 Å². The van der Waals surface area contributed by atoms with E-state index in [9.17, 15) is 9.90 Å². The lowest BCUT2D eigenvalue weighted by atomic mass is 9.93. The number of terminal acetylenes is 1. The second-order valence-electron chi connectivity index (χ2n) is 5.77. The maximum absolute atomic E-state index is 11.9. The number of amides is 1. The van der Waals surface area contributed by atoms with Gasteiger partial charge in [-0.2, -0.15) is 0 Å². The van der Waals surface area contributed by atoms with Crippen molar-refractivity contribution in [3.05, 3.63) is 34.9 Å². The molecule has 3 rings (SSSR count). The van der Waals surface area contributed by atoms with Crippen molar-refractivity contribution >= 4 is 28.6 Å². The summed E-state index contributed by atoms with van der Waals surface area (Å²) in [6, 6.07) is 0. The van der Waals surface area contributed by atoms with Crippen LogP contribution in [0.4, 0.5) is 5.82 Å². The van der Waals surface area contributed by atoms with Crippen LogP contribution in [0.25, 0.3) is 16.9 Å². The van der Waals surface area contributed by atoms with Crippen molar-refractivity contribution < 1.29 is 9.90 Å². The fourth-order valence-corrected chi connectivity index (χ4v) is 3.06. The molecule has 0 unspecified atom stereocenters. The van der Waals surface area contributed by atoms with Crippen LogP contribution in [-0.2, 0) is 0 Å². The third-order valence-corrected chi connectivity index (χ3v) is 4.23. The molecule has 0 spiro atoms. The van der Waals surface area contributed by atoms with Crippen LogP contribution >= 0.6 is 0 Å². The molecule has 1 aliphatic rings. The number of aliphatic hydroxyl groups is 1. The first-order chi connectivity index (χ1) is 11.4. The minimum atomic E-state index is -0.707. The van der Waals surface area contributed by atoms with E-state index in [0.29, 0.717) is 17.6 Å². The SMILES string of the molecule is C#Cc1cnc2c(n1)c(C(N)=O)c(N)n2C1=C(C)C(O)=CC[C@H]1C. The van der Waals surface area contributed by atoms with Crippen LogP contribution in [0, 0.1) is 18.3 Å². The Bertz CT molecular complexity index is 975. The Morgan fingerprint density at radius 1 is 1.54 bits per heavy atom. The lowest BCUT2D eigenvalue weighted by Gasteiger charge is -2.24. The van der Waals surface area contributed by atoms with Crippen LogP contribution in [0.5, 0.6) is 0 Å². The van der Waals surface area contributed by atoms with E-state index >= 15 is 0 Å². The zero-order chi connectivity index (χ0) is 17.6. The van der Waals surface area contributed by atoms with Crippen molar-refractivity contribution in [1.82, 2.24) is 14.5 Å². The number of primary amides is 1. The highest BCUT2D eigenvalue weighted by Gasteiger charge is 2.28. The van der Waals surface area contributed by atoms with Crippen molar-refractivity contribution in [2.45, 2.75) is 20.3 Å². The van der Waals surface area contributed by atoms with E-state index in [4.69, 9.17) is 17.9 Å². The molecule has 0 fully saturated rings. The summed E-state index contributed by atoms with van der Waals surface area (Å²) in [6.45, 7) is 3.79.